The maximum absolute atomic E-state index is 6.25. The second kappa shape index (κ2) is 4.36. The molecule has 1 aliphatic heterocycles. The lowest BCUT2D eigenvalue weighted by Gasteiger charge is -2.19. The van der Waals surface area contributed by atoms with Gasteiger partial charge in [-0.1, -0.05) is 0 Å². The van der Waals surface area contributed by atoms with E-state index in [9.17, 15) is 0 Å². The maximum atomic E-state index is 6.25. The zero-order valence-corrected chi connectivity index (χ0v) is 9.33. The van der Waals surface area contributed by atoms with Crippen molar-refractivity contribution in [3.63, 3.8) is 0 Å². The van der Waals surface area contributed by atoms with E-state index in [0.29, 0.717) is 5.92 Å². The highest BCUT2D eigenvalue weighted by atomic mass is 32.2. The Morgan fingerprint density at radius 1 is 1.79 bits per heavy atom. The van der Waals surface area contributed by atoms with E-state index in [4.69, 9.17) is 5.73 Å². The van der Waals surface area contributed by atoms with Gasteiger partial charge >= 0.3 is 0 Å². The summed E-state index contributed by atoms with van der Waals surface area (Å²) in [5, 5.41) is 4.26. The van der Waals surface area contributed by atoms with Crippen LogP contribution in [0.2, 0.25) is 0 Å². The van der Waals surface area contributed by atoms with Gasteiger partial charge in [-0.05, 0) is 36.8 Å². The van der Waals surface area contributed by atoms with Crippen LogP contribution in [0.4, 0.5) is 0 Å². The van der Waals surface area contributed by atoms with Gasteiger partial charge in [0.05, 0.1) is 11.7 Å². The van der Waals surface area contributed by atoms with Gasteiger partial charge in [0.25, 0.3) is 0 Å². The molecule has 3 nitrogen and oxygen atoms in total. The summed E-state index contributed by atoms with van der Waals surface area (Å²) in [5.41, 5.74) is 7.44. The van der Waals surface area contributed by atoms with Crippen molar-refractivity contribution < 1.29 is 0 Å². The van der Waals surface area contributed by atoms with Crippen molar-refractivity contribution in [2.75, 3.05) is 11.5 Å². The van der Waals surface area contributed by atoms with Crippen LogP contribution in [0.5, 0.6) is 0 Å². The van der Waals surface area contributed by atoms with E-state index >= 15 is 0 Å². The Kier molecular flexibility index (Phi) is 3.13. The molecular weight excluding hydrogens is 194 g/mol. The monoisotopic (exact) mass is 211 g/mol. The fourth-order valence-electron chi connectivity index (χ4n) is 1.97. The van der Waals surface area contributed by atoms with Crippen molar-refractivity contribution in [3.05, 3.63) is 18.0 Å². The summed E-state index contributed by atoms with van der Waals surface area (Å²) < 4.78 is 2.01. The summed E-state index contributed by atoms with van der Waals surface area (Å²) in [7, 11) is 0. The van der Waals surface area contributed by atoms with E-state index in [2.05, 4.69) is 18.1 Å². The summed E-state index contributed by atoms with van der Waals surface area (Å²) in [5.74, 6) is 3.11. The van der Waals surface area contributed by atoms with Gasteiger partial charge in [-0.15, -0.1) is 0 Å². The number of hydrogen-bond acceptors (Lipinski definition) is 3. The molecule has 14 heavy (non-hydrogen) atoms. The van der Waals surface area contributed by atoms with Crippen LogP contribution in [-0.4, -0.2) is 21.3 Å². The predicted molar refractivity (Wildman–Crippen MR) is 60.3 cm³/mol. The first-order chi connectivity index (χ1) is 6.83. The third-order valence-corrected chi connectivity index (χ3v) is 4.05. The van der Waals surface area contributed by atoms with Gasteiger partial charge in [-0.3, -0.25) is 4.68 Å². The van der Waals surface area contributed by atoms with Crippen molar-refractivity contribution in [1.82, 2.24) is 9.78 Å². The molecule has 0 aliphatic carbocycles. The molecule has 0 bridgehead atoms. The minimum Gasteiger partial charge on any atom is -0.322 e. The number of thioether (sulfide) groups is 1. The van der Waals surface area contributed by atoms with E-state index < -0.39 is 0 Å². The van der Waals surface area contributed by atoms with Gasteiger partial charge in [-0.25, -0.2) is 0 Å². The number of aryl methyl sites for hydroxylation is 1. The number of nitrogens with two attached hydrogens (primary N) is 1. The lowest BCUT2D eigenvalue weighted by Crippen LogP contribution is -2.24. The highest BCUT2D eigenvalue weighted by Gasteiger charge is 2.25. The quantitative estimate of drug-likeness (QED) is 0.827. The van der Waals surface area contributed by atoms with Crippen LogP contribution < -0.4 is 5.73 Å². The van der Waals surface area contributed by atoms with Crippen LogP contribution in [0.15, 0.2) is 12.3 Å². The van der Waals surface area contributed by atoms with Gasteiger partial charge in [0.1, 0.15) is 0 Å². The largest absolute Gasteiger partial charge is 0.322 e. The molecule has 0 amide bonds. The Balaban J connectivity index is 2.12. The molecule has 1 saturated heterocycles. The van der Waals surface area contributed by atoms with E-state index in [1.165, 1.54) is 23.6 Å². The molecule has 2 unspecified atom stereocenters. The average Bonchev–Trinajstić information content (AvgIpc) is 2.87. The van der Waals surface area contributed by atoms with E-state index in [0.717, 1.165) is 6.54 Å². The smallest absolute Gasteiger partial charge is 0.0554 e. The molecule has 1 aliphatic rings. The molecule has 2 heterocycles. The van der Waals surface area contributed by atoms with E-state index in [-0.39, 0.29) is 6.04 Å². The minimum atomic E-state index is 0.174. The third kappa shape index (κ3) is 1.81. The Bertz CT molecular complexity index is 291. The highest BCUT2D eigenvalue weighted by molar-refractivity contribution is 7.99. The predicted octanol–water partition coefficient (Wildman–Crippen LogP) is 1.66. The molecule has 0 spiro atoms. The van der Waals surface area contributed by atoms with Gasteiger partial charge in [-0.2, -0.15) is 16.9 Å². The SMILES string of the molecule is CCn1nccc1C(N)C1CCSC1. The summed E-state index contributed by atoms with van der Waals surface area (Å²) in [6.07, 6.45) is 3.10. The minimum absolute atomic E-state index is 0.174. The molecular formula is C10H17N3S. The summed E-state index contributed by atoms with van der Waals surface area (Å²) in [4.78, 5) is 0. The zero-order chi connectivity index (χ0) is 9.97. The van der Waals surface area contributed by atoms with Crippen LogP contribution in [0, 0.1) is 5.92 Å². The molecule has 0 saturated carbocycles. The first-order valence-electron chi connectivity index (χ1n) is 5.18. The Labute approximate surface area is 89.1 Å². The molecule has 78 valence electrons. The van der Waals surface area contributed by atoms with E-state index in [1.54, 1.807) is 0 Å². The van der Waals surface area contributed by atoms with Crippen molar-refractivity contribution in [2.24, 2.45) is 11.7 Å². The van der Waals surface area contributed by atoms with Crippen molar-refractivity contribution in [1.29, 1.82) is 0 Å². The first kappa shape index (κ1) is 10.1. The van der Waals surface area contributed by atoms with E-state index in [1.807, 2.05) is 22.6 Å². The number of nitrogens with zero attached hydrogens (tertiary/aromatic N) is 2. The van der Waals surface area contributed by atoms with Crippen molar-refractivity contribution in [3.8, 4) is 0 Å². The maximum Gasteiger partial charge on any atom is 0.0554 e. The second-order valence-corrected chi connectivity index (χ2v) is 4.87. The molecule has 1 aromatic rings. The summed E-state index contributed by atoms with van der Waals surface area (Å²) in [6.45, 7) is 3.02. The summed E-state index contributed by atoms with van der Waals surface area (Å²) >= 11 is 2.01. The summed E-state index contributed by atoms with van der Waals surface area (Å²) in [6, 6.07) is 2.23. The molecule has 4 heteroatoms. The average molecular weight is 211 g/mol. The van der Waals surface area contributed by atoms with Gasteiger partial charge in [0, 0.05) is 12.7 Å². The fourth-order valence-corrected chi connectivity index (χ4v) is 3.28. The molecule has 2 N–H and O–H groups in total. The number of aromatic nitrogens is 2. The van der Waals surface area contributed by atoms with Crippen LogP contribution in [0.3, 0.4) is 0 Å². The molecule has 1 fully saturated rings. The Morgan fingerprint density at radius 3 is 3.29 bits per heavy atom. The number of hydrogen-bond donors (Lipinski definition) is 1. The van der Waals surface area contributed by atoms with Crippen LogP contribution in [0.25, 0.3) is 0 Å². The molecule has 1 aromatic heterocycles. The lowest BCUT2D eigenvalue weighted by molar-refractivity contribution is 0.445. The lowest BCUT2D eigenvalue weighted by atomic mass is 9.97. The Hall–Kier alpha value is -0.480. The topological polar surface area (TPSA) is 43.8 Å². The molecule has 2 rings (SSSR count). The molecule has 0 aromatic carbocycles. The van der Waals surface area contributed by atoms with Gasteiger partial charge in [0.2, 0.25) is 0 Å². The second-order valence-electron chi connectivity index (χ2n) is 3.72. The first-order valence-corrected chi connectivity index (χ1v) is 6.33. The van der Waals surface area contributed by atoms with Crippen LogP contribution in [-0.2, 0) is 6.54 Å². The molecule has 0 radical (unpaired) electrons. The normalized spacial score (nSPS) is 24.0. The zero-order valence-electron chi connectivity index (χ0n) is 8.52. The standard InChI is InChI=1S/C10H17N3S/c1-2-13-9(3-5-12-13)10(11)8-4-6-14-7-8/h3,5,8,10H,2,4,6-7,11H2,1H3. The van der Waals surface area contributed by atoms with Crippen molar-refractivity contribution in [2.45, 2.75) is 25.9 Å². The fraction of sp³-hybridized carbons (Fsp3) is 0.700. The van der Waals surface area contributed by atoms with Crippen LogP contribution >= 0.6 is 11.8 Å². The number of rotatable bonds is 3. The Morgan fingerprint density at radius 2 is 2.64 bits per heavy atom. The molecule has 2 atom stereocenters. The third-order valence-electron chi connectivity index (χ3n) is 2.86. The van der Waals surface area contributed by atoms with Gasteiger partial charge < -0.3 is 5.73 Å². The van der Waals surface area contributed by atoms with Crippen LogP contribution in [0.1, 0.15) is 25.1 Å². The highest BCUT2D eigenvalue weighted by Crippen LogP contribution is 2.32. The van der Waals surface area contributed by atoms with Gasteiger partial charge in [0.15, 0.2) is 0 Å². The van der Waals surface area contributed by atoms with Crippen molar-refractivity contribution >= 4 is 11.8 Å².